The molecule has 0 aliphatic heterocycles. The standard InChI is InChI=1S/C14H10N2O2/c1-2-4-12(5-3-1)14-16-15-13(18-14)7-6-11-8-9-17-10-11/h1-10H/b7-6+. The fourth-order valence-electron chi connectivity index (χ4n) is 1.54. The molecule has 0 amide bonds. The van der Waals surface area contributed by atoms with E-state index in [1.807, 2.05) is 42.5 Å². The first-order valence-electron chi connectivity index (χ1n) is 5.51. The van der Waals surface area contributed by atoms with Crippen LogP contribution in [0.5, 0.6) is 0 Å². The van der Waals surface area contributed by atoms with Crippen molar-refractivity contribution < 1.29 is 8.83 Å². The van der Waals surface area contributed by atoms with Crippen LogP contribution in [0, 0.1) is 0 Å². The molecule has 0 unspecified atom stereocenters. The van der Waals surface area contributed by atoms with Crippen molar-refractivity contribution in [2.45, 2.75) is 0 Å². The first-order valence-corrected chi connectivity index (χ1v) is 5.51. The second kappa shape index (κ2) is 4.71. The molecule has 2 heterocycles. The highest BCUT2D eigenvalue weighted by molar-refractivity contribution is 5.65. The lowest BCUT2D eigenvalue weighted by Gasteiger charge is -1.90. The Bertz CT molecular complexity index is 640. The summed E-state index contributed by atoms with van der Waals surface area (Å²) in [6.07, 6.45) is 6.87. The Morgan fingerprint density at radius 3 is 2.61 bits per heavy atom. The molecule has 0 saturated carbocycles. The lowest BCUT2D eigenvalue weighted by Crippen LogP contribution is -1.75. The maximum absolute atomic E-state index is 5.53. The summed E-state index contributed by atoms with van der Waals surface area (Å²) >= 11 is 0. The quantitative estimate of drug-likeness (QED) is 0.700. The lowest BCUT2D eigenvalue weighted by molar-refractivity contribution is 0.558. The zero-order valence-corrected chi connectivity index (χ0v) is 9.48. The van der Waals surface area contributed by atoms with E-state index in [-0.39, 0.29) is 0 Å². The SMILES string of the molecule is C(=C\c1nnc(-c2ccccc2)o1)/c1ccoc1. The molecule has 18 heavy (non-hydrogen) atoms. The minimum atomic E-state index is 0.468. The van der Waals surface area contributed by atoms with Gasteiger partial charge in [0.15, 0.2) is 0 Å². The molecule has 88 valence electrons. The topological polar surface area (TPSA) is 52.1 Å². The number of hydrogen-bond donors (Lipinski definition) is 0. The number of furan rings is 1. The summed E-state index contributed by atoms with van der Waals surface area (Å²) in [6.45, 7) is 0. The third-order valence-electron chi connectivity index (χ3n) is 2.42. The van der Waals surface area contributed by atoms with Crippen LogP contribution in [0.2, 0.25) is 0 Å². The minimum absolute atomic E-state index is 0.468. The highest BCUT2D eigenvalue weighted by Gasteiger charge is 2.05. The second-order valence-corrected chi connectivity index (χ2v) is 3.70. The van der Waals surface area contributed by atoms with Gasteiger partial charge >= 0.3 is 0 Å². The summed E-state index contributed by atoms with van der Waals surface area (Å²) < 4.78 is 10.5. The number of benzene rings is 1. The van der Waals surface area contributed by atoms with E-state index in [9.17, 15) is 0 Å². The van der Waals surface area contributed by atoms with E-state index in [0.29, 0.717) is 11.8 Å². The van der Waals surface area contributed by atoms with Gasteiger partial charge in [-0.25, -0.2) is 0 Å². The van der Waals surface area contributed by atoms with Gasteiger partial charge in [0, 0.05) is 17.2 Å². The summed E-state index contributed by atoms with van der Waals surface area (Å²) in [4.78, 5) is 0. The van der Waals surface area contributed by atoms with Crippen molar-refractivity contribution in [2.24, 2.45) is 0 Å². The van der Waals surface area contributed by atoms with Gasteiger partial charge in [-0.15, -0.1) is 10.2 Å². The van der Waals surface area contributed by atoms with Crippen LogP contribution in [0.3, 0.4) is 0 Å². The molecule has 0 atom stereocenters. The second-order valence-electron chi connectivity index (χ2n) is 3.70. The highest BCUT2D eigenvalue weighted by Crippen LogP contribution is 2.17. The summed E-state index contributed by atoms with van der Waals surface area (Å²) in [7, 11) is 0. The molecular formula is C14H10N2O2. The van der Waals surface area contributed by atoms with Crippen molar-refractivity contribution in [3.8, 4) is 11.5 Å². The molecule has 0 spiro atoms. The molecular weight excluding hydrogens is 228 g/mol. The monoisotopic (exact) mass is 238 g/mol. The molecule has 0 aliphatic rings. The summed E-state index contributed by atoms with van der Waals surface area (Å²) in [5.41, 5.74) is 1.86. The number of aromatic nitrogens is 2. The molecule has 0 N–H and O–H groups in total. The third kappa shape index (κ3) is 2.22. The fraction of sp³-hybridized carbons (Fsp3) is 0. The van der Waals surface area contributed by atoms with E-state index >= 15 is 0 Å². The van der Waals surface area contributed by atoms with E-state index < -0.39 is 0 Å². The van der Waals surface area contributed by atoms with Crippen LogP contribution in [0.25, 0.3) is 23.6 Å². The molecule has 2 aromatic heterocycles. The maximum Gasteiger partial charge on any atom is 0.248 e. The van der Waals surface area contributed by atoms with E-state index in [1.54, 1.807) is 18.6 Å². The van der Waals surface area contributed by atoms with Crippen molar-refractivity contribution in [2.75, 3.05) is 0 Å². The first kappa shape index (κ1) is 10.5. The Hall–Kier alpha value is -2.62. The van der Waals surface area contributed by atoms with Crippen molar-refractivity contribution in [3.05, 3.63) is 60.4 Å². The predicted molar refractivity (Wildman–Crippen MR) is 67.4 cm³/mol. The molecule has 0 saturated heterocycles. The average molecular weight is 238 g/mol. The van der Waals surface area contributed by atoms with Crippen molar-refractivity contribution in [1.82, 2.24) is 10.2 Å². The van der Waals surface area contributed by atoms with Gasteiger partial charge in [-0.1, -0.05) is 18.2 Å². The van der Waals surface area contributed by atoms with Crippen LogP contribution in [0.4, 0.5) is 0 Å². The Kier molecular flexibility index (Phi) is 2.75. The Balaban J connectivity index is 1.82. The lowest BCUT2D eigenvalue weighted by atomic mass is 10.2. The summed E-state index contributed by atoms with van der Waals surface area (Å²) in [5, 5.41) is 7.95. The van der Waals surface area contributed by atoms with E-state index in [4.69, 9.17) is 8.83 Å². The van der Waals surface area contributed by atoms with Gasteiger partial charge in [-0.2, -0.15) is 0 Å². The summed E-state index contributed by atoms with van der Waals surface area (Å²) in [6, 6.07) is 11.5. The van der Waals surface area contributed by atoms with Crippen molar-refractivity contribution >= 4 is 12.2 Å². The maximum atomic E-state index is 5.53. The average Bonchev–Trinajstić information content (AvgIpc) is 3.09. The van der Waals surface area contributed by atoms with Gasteiger partial charge in [0.2, 0.25) is 11.8 Å². The van der Waals surface area contributed by atoms with Crippen molar-refractivity contribution in [1.29, 1.82) is 0 Å². The van der Waals surface area contributed by atoms with Crippen LogP contribution in [-0.2, 0) is 0 Å². The van der Waals surface area contributed by atoms with Crippen LogP contribution >= 0.6 is 0 Å². The highest BCUT2D eigenvalue weighted by atomic mass is 16.4. The molecule has 4 heteroatoms. The van der Waals surface area contributed by atoms with Gasteiger partial charge < -0.3 is 8.83 Å². The number of hydrogen-bond acceptors (Lipinski definition) is 4. The fourth-order valence-corrected chi connectivity index (χ4v) is 1.54. The molecule has 0 bridgehead atoms. The number of rotatable bonds is 3. The summed E-state index contributed by atoms with van der Waals surface area (Å²) in [5.74, 6) is 0.984. The smallest absolute Gasteiger partial charge is 0.248 e. The predicted octanol–water partition coefficient (Wildman–Crippen LogP) is 3.50. The van der Waals surface area contributed by atoms with Crippen LogP contribution in [0.1, 0.15) is 11.5 Å². The van der Waals surface area contributed by atoms with Gasteiger partial charge in [0.05, 0.1) is 12.5 Å². The van der Waals surface area contributed by atoms with Gasteiger partial charge in [-0.3, -0.25) is 0 Å². The van der Waals surface area contributed by atoms with Crippen LogP contribution < -0.4 is 0 Å². The Morgan fingerprint density at radius 2 is 1.83 bits per heavy atom. The van der Waals surface area contributed by atoms with Crippen LogP contribution in [0.15, 0.2) is 57.8 Å². The molecule has 0 aliphatic carbocycles. The molecule has 0 fully saturated rings. The normalized spacial score (nSPS) is 11.1. The third-order valence-corrected chi connectivity index (χ3v) is 2.42. The molecule has 0 radical (unpaired) electrons. The Morgan fingerprint density at radius 1 is 0.944 bits per heavy atom. The van der Waals surface area contributed by atoms with E-state index in [0.717, 1.165) is 11.1 Å². The minimum Gasteiger partial charge on any atom is -0.472 e. The van der Waals surface area contributed by atoms with E-state index in [2.05, 4.69) is 10.2 Å². The Labute approximate surface area is 104 Å². The molecule has 1 aromatic carbocycles. The molecule has 4 nitrogen and oxygen atoms in total. The molecule has 3 rings (SSSR count). The van der Waals surface area contributed by atoms with Gasteiger partial charge in [0.1, 0.15) is 0 Å². The zero-order chi connectivity index (χ0) is 12.2. The first-order chi connectivity index (χ1) is 8.92. The van der Waals surface area contributed by atoms with Crippen LogP contribution in [-0.4, -0.2) is 10.2 Å². The van der Waals surface area contributed by atoms with Gasteiger partial charge in [-0.05, 0) is 24.3 Å². The largest absolute Gasteiger partial charge is 0.472 e. The van der Waals surface area contributed by atoms with Gasteiger partial charge in [0.25, 0.3) is 0 Å². The molecule has 3 aromatic rings. The number of nitrogens with zero attached hydrogens (tertiary/aromatic N) is 2. The zero-order valence-electron chi connectivity index (χ0n) is 9.48. The van der Waals surface area contributed by atoms with Crippen molar-refractivity contribution in [3.63, 3.8) is 0 Å². The van der Waals surface area contributed by atoms with E-state index in [1.165, 1.54) is 0 Å².